The largest absolute Gasteiger partial charge is 0.471 e. The average molecular weight is 503 g/mol. The highest BCUT2D eigenvalue weighted by molar-refractivity contribution is 6.31. The van der Waals surface area contributed by atoms with E-state index in [-0.39, 0.29) is 40.7 Å². The van der Waals surface area contributed by atoms with Crippen LogP contribution in [0.15, 0.2) is 52.3 Å². The molecule has 0 saturated heterocycles. The Morgan fingerprint density at radius 2 is 1.69 bits per heavy atom. The molecule has 0 aliphatic rings. The van der Waals surface area contributed by atoms with Crippen molar-refractivity contribution in [1.82, 2.24) is 18.7 Å². The van der Waals surface area contributed by atoms with Crippen molar-refractivity contribution in [2.45, 2.75) is 27.0 Å². The van der Waals surface area contributed by atoms with Crippen molar-refractivity contribution < 1.29 is 23.1 Å². The van der Waals surface area contributed by atoms with Crippen molar-refractivity contribution in [3.63, 3.8) is 0 Å². The molecule has 0 aliphatic carbocycles. The van der Waals surface area contributed by atoms with Gasteiger partial charge in [-0.3, -0.25) is 19.0 Å². The van der Waals surface area contributed by atoms with Crippen molar-refractivity contribution in [1.29, 1.82) is 0 Å². The molecule has 180 valence electrons. The van der Waals surface area contributed by atoms with Crippen LogP contribution in [0.3, 0.4) is 0 Å². The number of hydrogen-bond donors (Lipinski definition) is 0. The minimum atomic E-state index is -0.813. The smallest absolute Gasteiger partial charge is 0.342 e. The van der Waals surface area contributed by atoms with Gasteiger partial charge < -0.3 is 4.74 Å². The van der Waals surface area contributed by atoms with Gasteiger partial charge in [-0.05, 0) is 29.8 Å². The third kappa shape index (κ3) is 4.50. The summed E-state index contributed by atoms with van der Waals surface area (Å²) in [6, 6.07) is 7.59. The predicted octanol–water partition coefficient (Wildman–Crippen LogP) is 3.24. The second-order valence-electron chi connectivity index (χ2n) is 7.64. The summed E-state index contributed by atoms with van der Waals surface area (Å²) in [5.41, 5.74) is -0.393. The SMILES string of the molecule is CC(=O)n1c(=O)n(C(C)=O)c2cc(Cn3cnc(OCc4ccc(F)cc4F)c(Cl)c3=O)ccc21. The summed E-state index contributed by atoms with van der Waals surface area (Å²) in [5.74, 6) is -2.89. The molecule has 9 nitrogen and oxygen atoms in total. The van der Waals surface area contributed by atoms with Crippen molar-refractivity contribution in [2.75, 3.05) is 0 Å². The van der Waals surface area contributed by atoms with Gasteiger partial charge in [0.15, 0.2) is 5.02 Å². The zero-order valence-electron chi connectivity index (χ0n) is 18.4. The molecule has 4 aromatic rings. The lowest BCUT2D eigenvalue weighted by Gasteiger charge is -2.11. The average Bonchev–Trinajstić information content (AvgIpc) is 3.08. The second kappa shape index (κ2) is 9.26. The number of fused-ring (bicyclic) bond motifs is 1. The summed E-state index contributed by atoms with van der Waals surface area (Å²) in [6.45, 7) is 2.06. The molecule has 2 aromatic heterocycles. The maximum atomic E-state index is 13.8. The molecular weight excluding hydrogens is 486 g/mol. The highest BCUT2D eigenvalue weighted by atomic mass is 35.5. The molecule has 0 N–H and O–H groups in total. The fourth-order valence-corrected chi connectivity index (χ4v) is 3.81. The molecule has 0 aliphatic heterocycles. The quantitative estimate of drug-likeness (QED) is 0.415. The zero-order valence-corrected chi connectivity index (χ0v) is 19.2. The van der Waals surface area contributed by atoms with Gasteiger partial charge in [0, 0.05) is 25.5 Å². The number of carbonyl (C=O) groups excluding carboxylic acids is 2. The molecule has 0 amide bonds. The van der Waals surface area contributed by atoms with Crippen LogP contribution in [-0.4, -0.2) is 30.5 Å². The topological polar surface area (TPSA) is 105 Å². The molecule has 0 bridgehead atoms. The van der Waals surface area contributed by atoms with Crippen LogP contribution in [0.25, 0.3) is 11.0 Å². The molecule has 12 heteroatoms. The van der Waals surface area contributed by atoms with Gasteiger partial charge in [0.2, 0.25) is 17.7 Å². The van der Waals surface area contributed by atoms with E-state index in [1.165, 1.54) is 42.9 Å². The molecule has 35 heavy (non-hydrogen) atoms. The van der Waals surface area contributed by atoms with Crippen molar-refractivity contribution in [3.8, 4) is 5.88 Å². The Hall–Kier alpha value is -4.12. The Balaban J connectivity index is 1.63. The van der Waals surface area contributed by atoms with Gasteiger partial charge in [-0.25, -0.2) is 27.7 Å². The van der Waals surface area contributed by atoms with E-state index in [1.807, 2.05) is 0 Å². The third-order valence-electron chi connectivity index (χ3n) is 5.22. The first-order valence-electron chi connectivity index (χ1n) is 10.2. The molecule has 4 rings (SSSR count). The lowest BCUT2D eigenvalue weighted by molar-refractivity contribution is 0.0925. The first kappa shape index (κ1) is 24.0. The molecule has 0 saturated carbocycles. The minimum absolute atomic E-state index is 0.0221. The van der Waals surface area contributed by atoms with Crippen molar-refractivity contribution in [2.24, 2.45) is 0 Å². The van der Waals surface area contributed by atoms with Gasteiger partial charge in [-0.1, -0.05) is 17.7 Å². The van der Waals surface area contributed by atoms with Crippen LogP contribution >= 0.6 is 11.6 Å². The summed E-state index contributed by atoms with van der Waals surface area (Å²) >= 11 is 6.11. The minimum Gasteiger partial charge on any atom is -0.471 e. The number of carbonyl (C=O) groups is 2. The van der Waals surface area contributed by atoms with Gasteiger partial charge >= 0.3 is 5.69 Å². The van der Waals surface area contributed by atoms with E-state index in [2.05, 4.69) is 4.98 Å². The summed E-state index contributed by atoms with van der Waals surface area (Å²) in [6.07, 6.45) is 1.17. The van der Waals surface area contributed by atoms with E-state index in [0.717, 1.165) is 15.2 Å². The van der Waals surface area contributed by atoms with Crippen LogP contribution in [0.5, 0.6) is 5.88 Å². The number of ether oxygens (including phenoxy) is 1. The first-order valence-corrected chi connectivity index (χ1v) is 10.6. The van der Waals surface area contributed by atoms with Crippen LogP contribution in [-0.2, 0) is 13.2 Å². The molecule has 0 atom stereocenters. The molecule has 0 fully saturated rings. The fourth-order valence-electron chi connectivity index (χ4n) is 3.59. The van der Waals surface area contributed by atoms with E-state index in [4.69, 9.17) is 16.3 Å². The van der Waals surface area contributed by atoms with Gasteiger partial charge in [0.05, 0.1) is 17.6 Å². The maximum Gasteiger partial charge on any atom is 0.342 e. The molecule has 0 radical (unpaired) electrons. The molecule has 2 aromatic carbocycles. The number of halogens is 3. The predicted molar refractivity (Wildman–Crippen MR) is 122 cm³/mol. The maximum absolute atomic E-state index is 13.8. The molecular formula is C23H17ClF2N4O5. The van der Waals surface area contributed by atoms with Gasteiger partial charge in [-0.15, -0.1) is 0 Å². The van der Waals surface area contributed by atoms with E-state index in [1.54, 1.807) is 6.07 Å². The molecule has 2 heterocycles. The van der Waals surface area contributed by atoms with E-state index < -0.39 is 34.7 Å². The summed E-state index contributed by atoms with van der Waals surface area (Å²) < 4.78 is 35.1. The van der Waals surface area contributed by atoms with E-state index in [9.17, 15) is 28.0 Å². The van der Waals surface area contributed by atoms with Gasteiger partial charge in [0.1, 0.15) is 24.6 Å². The van der Waals surface area contributed by atoms with Crippen LogP contribution in [0.1, 0.15) is 34.6 Å². The Morgan fingerprint density at radius 3 is 2.34 bits per heavy atom. The molecule has 0 spiro atoms. The van der Waals surface area contributed by atoms with Crippen LogP contribution in [0.4, 0.5) is 8.78 Å². The fraction of sp³-hybridized carbons (Fsp3) is 0.174. The number of hydrogen-bond acceptors (Lipinski definition) is 6. The van der Waals surface area contributed by atoms with Crippen LogP contribution in [0.2, 0.25) is 5.02 Å². The number of rotatable bonds is 5. The summed E-state index contributed by atoms with van der Waals surface area (Å²) in [5, 5.41) is -0.348. The second-order valence-corrected chi connectivity index (χ2v) is 8.01. The lowest BCUT2D eigenvalue weighted by atomic mass is 10.2. The van der Waals surface area contributed by atoms with Gasteiger partial charge in [0.25, 0.3) is 5.56 Å². The lowest BCUT2D eigenvalue weighted by Crippen LogP contribution is -2.30. The Morgan fingerprint density at radius 1 is 1.00 bits per heavy atom. The van der Waals surface area contributed by atoms with Crippen molar-refractivity contribution >= 4 is 34.4 Å². The van der Waals surface area contributed by atoms with Gasteiger partial charge in [-0.2, -0.15) is 0 Å². The number of benzene rings is 2. The Bertz CT molecular complexity index is 1620. The third-order valence-corrected chi connectivity index (χ3v) is 5.54. The summed E-state index contributed by atoms with van der Waals surface area (Å²) in [4.78, 5) is 53.2. The zero-order chi connectivity index (χ0) is 25.4. The number of imidazole rings is 1. The highest BCUT2D eigenvalue weighted by Gasteiger charge is 2.19. The van der Waals surface area contributed by atoms with Crippen LogP contribution < -0.4 is 16.0 Å². The van der Waals surface area contributed by atoms with E-state index >= 15 is 0 Å². The Kier molecular flexibility index (Phi) is 6.35. The monoisotopic (exact) mass is 502 g/mol. The standard InChI is InChI=1S/C23H17ClF2N4O5/c1-12(31)29-18-6-3-14(7-19(18)30(13(2)32)23(29)34)9-28-11-27-21(20(24)22(28)33)35-10-15-4-5-16(25)8-17(15)26/h3-8,11H,9-10H2,1-2H3. The summed E-state index contributed by atoms with van der Waals surface area (Å²) in [7, 11) is 0. The molecule has 0 unspecified atom stereocenters. The first-order chi connectivity index (χ1) is 16.6. The number of nitrogens with zero attached hydrogens (tertiary/aromatic N) is 4. The van der Waals surface area contributed by atoms with Crippen LogP contribution in [0, 0.1) is 11.6 Å². The normalized spacial score (nSPS) is 11.1. The number of aromatic nitrogens is 4. The van der Waals surface area contributed by atoms with Crippen molar-refractivity contribution in [3.05, 3.63) is 91.3 Å². The Labute approximate surface area is 200 Å². The highest BCUT2D eigenvalue weighted by Crippen LogP contribution is 2.20. The van der Waals surface area contributed by atoms with E-state index in [0.29, 0.717) is 11.6 Å².